The predicted molar refractivity (Wildman–Crippen MR) is 71.9 cm³/mol. The fraction of sp³-hybridized carbons (Fsp3) is 0.0625. The van der Waals surface area contributed by atoms with E-state index in [4.69, 9.17) is 10.00 Å². The van der Waals surface area contributed by atoms with E-state index in [1.165, 1.54) is 0 Å². The van der Waals surface area contributed by atoms with Crippen LogP contribution in [0.2, 0.25) is 0 Å². The number of rotatable bonds is 2. The first-order valence-electron chi connectivity index (χ1n) is 5.63. The van der Waals surface area contributed by atoms with E-state index >= 15 is 0 Å². The summed E-state index contributed by atoms with van der Waals surface area (Å²) in [4.78, 5) is 0. The Morgan fingerprint density at radius 2 is 1.83 bits per heavy atom. The number of ether oxygens (including phenoxy) is 1. The third kappa shape index (κ3) is 2.78. The Balaban J connectivity index is 2.20. The SMILES string of the molecule is C=C1C=CC(C)=CC=C1Oc1ccc(C#N)cc1. The van der Waals surface area contributed by atoms with Crippen molar-refractivity contribution in [2.45, 2.75) is 6.92 Å². The summed E-state index contributed by atoms with van der Waals surface area (Å²) in [5.74, 6) is 1.41. The molecule has 0 amide bonds. The van der Waals surface area contributed by atoms with E-state index in [1.54, 1.807) is 24.3 Å². The van der Waals surface area contributed by atoms with Crippen LogP contribution in [-0.4, -0.2) is 0 Å². The van der Waals surface area contributed by atoms with Gasteiger partial charge in [-0.2, -0.15) is 5.26 Å². The second-order valence-electron chi connectivity index (χ2n) is 4.04. The number of nitrogens with zero attached hydrogens (tertiary/aromatic N) is 1. The minimum absolute atomic E-state index is 0.617. The van der Waals surface area contributed by atoms with Crippen LogP contribution in [0.3, 0.4) is 0 Å². The zero-order chi connectivity index (χ0) is 13.0. The monoisotopic (exact) mass is 235 g/mol. The highest BCUT2D eigenvalue weighted by atomic mass is 16.5. The zero-order valence-electron chi connectivity index (χ0n) is 10.2. The van der Waals surface area contributed by atoms with Gasteiger partial charge < -0.3 is 4.74 Å². The number of allylic oxidation sites excluding steroid dienone is 5. The first kappa shape index (κ1) is 11.9. The van der Waals surface area contributed by atoms with Gasteiger partial charge in [0.05, 0.1) is 11.6 Å². The van der Waals surface area contributed by atoms with Crippen molar-refractivity contribution in [2.24, 2.45) is 0 Å². The van der Waals surface area contributed by atoms with Gasteiger partial charge in [0.1, 0.15) is 11.5 Å². The van der Waals surface area contributed by atoms with Crippen LogP contribution in [0.15, 0.2) is 72.1 Å². The van der Waals surface area contributed by atoms with E-state index in [2.05, 4.69) is 12.6 Å². The average molecular weight is 235 g/mol. The zero-order valence-corrected chi connectivity index (χ0v) is 10.2. The van der Waals surface area contributed by atoms with Crippen molar-refractivity contribution in [3.05, 3.63) is 77.6 Å². The molecule has 2 heteroatoms. The van der Waals surface area contributed by atoms with Gasteiger partial charge in [-0.15, -0.1) is 0 Å². The van der Waals surface area contributed by atoms with Crippen LogP contribution in [0.4, 0.5) is 0 Å². The van der Waals surface area contributed by atoms with E-state index in [-0.39, 0.29) is 0 Å². The van der Waals surface area contributed by atoms with Crippen molar-refractivity contribution in [2.75, 3.05) is 0 Å². The average Bonchev–Trinajstić information content (AvgIpc) is 2.55. The van der Waals surface area contributed by atoms with E-state index in [1.807, 2.05) is 31.2 Å². The summed E-state index contributed by atoms with van der Waals surface area (Å²) in [6.45, 7) is 5.97. The summed E-state index contributed by atoms with van der Waals surface area (Å²) in [5.41, 5.74) is 2.59. The van der Waals surface area contributed by atoms with Gasteiger partial charge in [-0.05, 0) is 37.3 Å². The minimum Gasteiger partial charge on any atom is -0.457 e. The second kappa shape index (κ2) is 5.20. The maximum absolute atomic E-state index is 8.73. The lowest BCUT2D eigenvalue weighted by molar-refractivity contribution is 0.439. The molecule has 0 saturated carbocycles. The van der Waals surface area contributed by atoms with Gasteiger partial charge >= 0.3 is 0 Å². The molecule has 0 aliphatic heterocycles. The van der Waals surface area contributed by atoms with Gasteiger partial charge in [-0.3, -0.25) is 0 Å². The quantitative estimate of drug-likeness (QED) is 0.779. The highest BCUT2D eigenvalue weighted by Gasteiger charge is 2.05. The van der Waals surface area contributed by atoms with Gasteiger partial charge in [0.2, 0.25) is 0 Å². The molecule has 0 saturated heterocycles. The molecule has 0 fully saturated rings. The number of nitriles is 1. The Morgan fingerprint density at radius 1 is 1.11 bits per heavy atom. The Kier molecular flexibility index (Phi) is 3.45. The van der Waals surface area contributed by atoms with Crippen LogP contribution in [0.1, 0.15) is 12.5 Å². The molecule has 0 unspecified atom stereocenters. The molecule has 1 aromatic carbocycles. The lowest BCUT2D eigenvalue weighted by atomic mass is 10.2. The molecular weight excluding hydrogens is 222 g/mol. The number of benzene rings is 1. The first-order valence-corrected chi connectivity index (χ1v) is 5.63. The molecule has 1 aromatic rings. The van der Waals surface area contributed by atoms with Gasteiger partial charge in [0.25, 0.3) is 0 Å². The van der Waals surface area contributed by atoms with Crippen LogP contribution >= 0.6 is 0 Å². The first-order chi connectivity index (χ1) is 8.69. The fourth-order valence-electron chi connectivity index (χ4n) is 1.51. The van der Waals surface area contributed by atoms with Crippen molar-refractivity contribution < 1.29 is 4.74 Å². The summed E-state index contributed by atoms with van der Waals surface area (Å²) in [5, 5.41) is 8.73. The highest BCUT2D eigenvalue weighted by molar-refractivity contribution is 5.45. The van der Waals surface area contributed by atoms with E-state index < -0.39 is 0 Å². The summed E-state index contributed by atoms with van der Waals surface area (Å²) in [6.07, 6.45) is 7.80. The Bertz CT molecular complexity index is 595. The van der Waals surface area contributed by atoms with Crippen molar-refractivity contribution in [1.29, 1.82) is 5.26 Å². The topological polar surface area (TPSA) is 33.0 Å². The summed E-state index contributed by atoms with van der Waals surface area (Å²) in [6, 6.07) is 9.08. The third-order valence-corrected chi connectivity index (χ3v) is 2.57. The second-order valence-corrected chi connectivity index (χ2v) is 4.04. The van der Waals surface area contributed by atoms with Crippen molar-refractivity contribution in [1.82, 2.24) is 0 Å². The molecule has 2 rings (SSSR count). The lowest BCUT2D eigenvalue weighted by Crippen LogP contribution is -1.96. The molecule has 0 bridgehead atoms. The van der Waals surface area contributed by atoms with Crippen LogP contribution in [0.25, 0.3) is 0 Å². The highest BCUT2D eigenvalue weighted by Crippen LogP contribution is 2.21. The largest absolute Gasteiger partial charge is 0.457 e. The summed E-state index contributed by atoms with van der Waals surface area (Å²) >= 11 is 0. The van der Waals surface area contributed by atoms with Gasteiger partial charge in [-0.25, -0.2) is 0 Å². The summed E-state index contributed by atoms with van der Waals surface area (Å²) < 4.78 is 5.75. The van der Waals surface area contributed by atoms with E-state index in [0.29, 0.717) is 17.1 Å². The molecule has 88 valence electrons. The fourth-order valence-corrected chi connectivity index (χ4v) is 1.51. The molecular formula is C16H13NO. The van der Waals surface area contributed by atoms with Crippen molar-refractivity contribution >= 4 is 0 Å². The standard InChI is InChI=1S/C16H13NO/c1-12-3-5-13(2)16(10-4-12)18-15-8-6-14(11-17)7-9-15/h3-10H,2H2,1H3. The van der Waals surface area contributed by atoms with E-state index in [0.717, 1.165) is 11.1 Å². The number of hydrogen-bond donors (Lipinski definition) is 0. The molecule has 18 heavy (non-hydrogen) atoms. The van der Waals surface area contributed by atoms with Gasteiger partial charge in [0.15, 0.2) is 0 Å². The molecule has 1 aliphatic rings. The maximum Gasteiger partial charge on any atom is 0.134 e. The van der Waals surface area contributed by atoms with Crippen LogP contribution < -0.4 is 4.74 Å². The Hall–Kier alpha value is -2.53. The van der Waals surface area contributed by atoms with Crippen molar-refractivity contribution in [3.8, 4) is 11.8 Å². The normalized spacial score (nSPS) is 14.3. The number of hydrogen-bond acceptors (Lipinski definition) is 2. The lowest BCUT2D eigenvalue weighted by Gasteiger charge is -2.09. The Labute approximate surface area is 107 Å². The Morgan fingerprint density at radius 3 is 2.50 bits per heavy atom. The van der Waals surface area contributed by atoms with Gasteiger partial charge in [0, 0.05) is 5.57 Å². The van der Waals surface area contributed by atoms with Crippen LogP contribution in [0.5, 0.6) is 5.75 Å². The predicted octanol–water partition coefficient (Wildman–Crippen LogP) is 3.89. The maximum atomic E-state index is 8.73. The smallest absolute Gasteiger partial charge is 0.134 e. The summed E-state index contributed by atoms with van der Waals surface area (Å²) in [7, 11) is 0. The van der Waals surface area contributed by atoms with E-state index in [9.17, 15) is 0 Å². The minimum atomic E-state index is 0.617. The van der Waals surface area contributed by atoms with Crippen molar-refractivity contribution in [3.63, 3.8) is 0 Å². The van der Waals surface area contributed by atoms with Crippen LogP contribution in [-0.2, 0) is 0 Å². The molecule has 0 aromatic heterocycles. The molecule has 0 N–H and O–H groups in total. The van der Waals surface area contributed by atoms with Crippen LogP contribution in [0, 0.1) is 11.3 Å². The molecule has 1 aliphatic carbocycles. The molecule has 2 nitrogen and oxygen atoms in total. The third-order valence-electron chi connectivity index (χ3n) is 2.57. The van der Waals surface area contributed by atoms with Gasteiger partial charge in [-0.1, -0.05) is 30.4 Å². The molecule has 0 atom stereocenters. The molecule has 0 heterocycles. The molecule has 0 spiro atoms. The molecule has 0 radical (unpaired) electrons.